The lowest BCUT2D eigenvalue weighted by atomic mass is 10.1. The van der Waals surface area contributed by atoms with Gasteiger partial charge < -0.3 is 24.8 Å². The number of hydrogen-bond donors (Lipinski definition) is 2. The Morgan fingerprint density at radius 2 is 2.20 bits per heavy atom. The maximum atomic E-state index is 6.07. The molecule has 1 aromatic rings. The Labute approximate surface area is 180 Å². The summed E-state index contributed by atoms with van der Waals surface area (Å²) in [5, 5.41) is 6.81. The van der Waals surface area contributed by atoms with Gasteiger partial charge in [-0.2, -0.15) is 0 Å². The van der Waals surface area contributed by atoms with Crippen LogP contribution in [0.1, 0.15) is 44.7 Å². The second-order valence-corrected chi connectivity index (χ2v) is 8.46. The fourth-order valence-electron chi connectivity index (χ4n) is 4.62. The molecule has 3 aliphatic rings. The van der Waals surface area contributed by atoms with Crippen molar-refractivity contribution >= 4 is 5.96 Å². The molecule has 166 valence electrons. The van der Waals surface area contributed by atoms with Gasteiger partial charge in [0.05, 0.1) is 25.9 Å². The first-order valence-electron chi connectivity index (χ1n) is 11.5. The van der Waals surface area contributed by atoms with Crippen LogP contribution in [0.15, 0.2) is 17.1 Å². The van der Waals surface area contributed by atoms with Gasteiger partial charge >= 0.3 is 0 Å². The molecule has 1 aromatic carbocycles. The second kappa shape index (κ2) is 9.88. The van der Waals surface area contributed by atoms with E-state index in [2.05, 4.69) is 41.5 Å². The van der Waals surface area contributed by atoms with E-state index in [9.17, 15) is 0 Å². The van der Waals surface area contributed by atoms with Crippen LogP contribution in [0, 0.1) is 0 Å². The number of benzene rings is 1. The highest BCUT2D eigenvalue weighted by Gasteiger charge is 2.32. The zero-order valence-electron chi connectivity index (χ0n) is 18.6. The Bertz CT molecular complexity index is 754. The number of fused-ring (bicyclic) bond motifs is 2. The summed E-state index contributed by atoms with van der Waals surface area (Å²) in [6, 6.07) is 4.84. The number of aliphatic imine (C=N–C) groups is 1. The van der Waals surface area contributed by atoms with E-state index in [1.807, 2.05) is 6.92 Å². The van der Waals surface area contributed by atoms with Crippen LogP contribution in [0.4, 0.5) is 0 Å². The molecule has 3 atom stereocenters. The molecule has 0 saturated carbocycles. The third-order valence-corrected chi connectivity index (χ3v) is 6.09. The van der Waals surface area contributed by atoms with Gasteiger partial charge in [-0.05, 0) is 52.3 Å². The molecular weight excluding hydrogens is 380 g/mol. The molecule has 0 amide bonds. The highest BCUT2D eigenvalue weighted by molar-refractivity contribution is 5.79. The first-order chi connectivity index (χ1) is 14.7. The van der Waals surface area contributed by atoms with Gasteiger partial charge in [0.15, 0.2) is 5.96 Å². The first-order valence-corrected chi connectivity index (χ1v) is 11.5. The quantitative estimate of drug-likeness (QED) is 0.525. The number of rotatable bonds is 7. The molecule has 4 rings (SSSR count). The molecule has 3 heterocycles. The number of nitrogens with zero attached hydrogens (tertiary/aromatic N) is 2. The van der Waals surface area contributed by atoms with Crippen molar-refractivity contribution in [2.24, 2.45) is 4.99 Å². The highest BCUT2D eigenvalue weighted by atomic mass is 16.5. The number of guanidine groups is 1. The maximum Gasteiger partial charge on any atom is 0.191 e. The van der Waals surface area contributed by atoms with E-state index >= 15 is 0 Å². The van der Waals surface area contributed by atoms with Gasteiger partial charge in [0.25, 0.3) is 0 Å². The Morgan fingerprint density at radius 1 is 1.30 bits per heavy atom. The number of morpholine rings is 1. The summed E-state index contributed by atoms with van der Waals surface area (Å²) in [4.78, 5) is 7.38. The molecule has 0 aliphatic carbocycles. The summed E-state index contributed by atoms with van der Waals surface area (Å²) < 4.78 is 17.9. The van der Waals surface area contributed by atoms with Gasteiger partial charge in [0, 0.05) is 43.2 Å². The van der Waals surface area contributed by atoms with Crippen LogP contribution in [0.3, 0.4) is 0 Å². The van der Waals surface area contributed by atoms with Crippen molar-refractivity contribution in [2.45, 2.75) is 64.8 Å². The largest absolute Gasteiger partial charge is 0.494 e. The maximum absolute atomic E-state index is 6.07. The minimum atomic E-state index is 0.206. The van der Waals surface area contributed by atoms with E-state index in [4.69, 9.17) is 19.2 Å². The molecule has 7 nitrogen and oxygen atoms in total. The smallest absolute Gasteiger partial charge is 0.191 e. The van der Waals surface area contributed by atoms with Crippen LogP contribution < -0.4 is 20.1 Å². The number of hydrogen-bond acceptors (Lipinski definition) is 5. The highest BCUT2D eigenvalue weighted by Crippen LogP contribution is 2.35. The van der Waals surface area contributed by atoms with Gasteiger partial charge in [-0.15, -0.1) is 0 Å². The first kappa shape index (κ1) is 21.2. The molecule has 0 radical (unpaired) electrons. The summed E-state index contributed by atoms with van der Waals surface area (Å²) in [6.07, 6.45) is 3.93. The van der Waals surface area contributed by atoms with Crippen LogP contribution in [0.25, 0.3) is 0 Å². The van der Waals surface area contributed by atoms with Crippen LogP contribution in [0.5, 0.6) is 11.5 Å². The van der Waals surface area contributed by atoms with Crippen LogP contribution in [-0.2, 0) is 17.7 Å². The van der Waals surface area contributed by atoms with E-state index < -0.39 is 0 Å². The zero-order chi connectivity index (χ0) is 20.9. The lowest BCUT2D eigenvalue weighted by Gasteiger charge is -2.35. The van der Waals surface area contributed by atoms with Crippen molar-refractivity contribution < 1.29 is 14.2 Å². The SMILES string of the molecule is CCNC(=NCc1cc2c(cc1OCC)CC(C)O2)NCC1CN2CCCC2CO1. The lowest BCUT2D eigenvalue weighted by Crippen LogP contribution is -2.51. The molecule has 2 N–H and O–H groups in total. The van der Waals surface area contributed by atoms with E-state index in [0.717, 1.165) is 55.7 Å². The summed E-state index contributed by atoms with van der Waals surface area (Å²) in [6.45, 7) is 12.0. The lowest BCUT2D eigenvalue weighted by molar-refractivity contribution is -0.0453. The van der Waals surface area contributed by atoms with Crippen molar-refractivity contribution in [3.63, 3.8) is 0 Å². The molecule has 0 bridgehead atoms. The van der Waals surface area contributed by atoms with Gasteiger partial charge in [0.2, 0.25) is 0 Å². The van der Waals surface area contributed by atoms with Crippen LogP contribution in [0.2, 0.25) is 0 Å². The van der Waals surface area contributed by atoms with Gasteiger partial charge in [-0.1, -0.05) is 0 Å². The van der Waals surface area contributed by atoms with Crippen LogP contribution in [-0.4, -0.2) is 68.5 Å². The van der Waals surface area contributed by atoms with Crippen molar-refractivity contribution in [3.8, 4) is 11.5 Å². The van der Waals surface area contributed by atoms with Gasteiger partial charge in [0.1, 0.15) is 17.6 Å². The summed E-state index contributed by atoms with van der Waals surface area (Å²) in [7, 11) is 0. The molecular formula is C23H36N4O3. The molecule has 7 heteroatoms. The summed E-state index contributed by atoms with van der Waals surface area (Å²) in [5.74, 6) is 2.68. The predicted molar refractivity (Wildman–Crippen MR) is 119 cm³/mol. The normalized spacial score (nSPS) is 26.1. The van der Waals surface area contributed by atoms with E-state index in [-0.39, 0.29) is 12.2 Å². The molecule has 30 heavy (non-hydrogen) atoms. The third-order valence-electron chi connectivity index (χ3n) is 6.09. The Kier molecular flexibility index (Phi) is 7.00. The van der Waals surface area contributed by atoms with Gasteiger partial charge in [-0.3, -0.25) is 4.90 Å². The Balaban J connectivity index is 1.39. The average Bonchev–Trinajstić information content (AvgIpc) is 3.34. The number of ether oxygens (including phenoxy) is 3. The van der Waals surface area contributed by atoms with Crippen molar-refractivity contribution in [1.29, 1.82) is 0 Å². The van der Waals surface area contributed by atoms with E-state index in [0.29, 0.717) is 19.2 Å². The fourth-order valence-corrected chi connectivity index (χ4v) is 4.62. The standard InChI is InChI=1S/C23H36N4O3/c1-4-24-23(26-13-20-14-27-8-6-7-19(27)15-29-20)25-12-18-11-22-17(9-16(3)30-22)10-21(18)28-5-2/h10-11,16,19-20H,4-9,12-15H2,1-3H3,(H2,24,25,26). The number of nitrogens with one attached hydrogen (secondary N) is 2. The topological polar surface area (TPSA) is 67.4 Å². The van der Waals surface area contributed by atoms with Crippen molar-refractivity contribution in [2.75, 3.05) is 39.4 Å². The van der Waals surface area contributed by atoms with E-state index in [1.54, 1.807) is 0 Å². The van der Waals surface area contributed by atoms with Crippen molar-refractivity contribution in [3.05, 3.63) is 23.3 Å². The monoisotopic (exact) mass is 416 g/mol. The second-order valence-electron chi connectivity index (χ2n) is 8.46. The van der Waals surface area contributed by atoms with Crippen molar-refractivity contribution in [1.82, 2.24) is 15.5 Å². The van der Waals surface area contributed by atoms with Crippen LogP contribution >= 0.6 is 0 Å². The zero-order valence-corrected chi connectivity index (χ0v) is 18.6. The fraction of sp³-hybridized carbons (Fsp3) is 0.696. The molecule has 2 saturated heterocycles. The minimum absolute atomic E-state index is 0.206. The predicted octanol–water partition coefficient (Wildman–Crippen LogP) is 2.33. The Morgan fingerprint density at radius 3 is 3.03 bits per heavy atom. The average molecular weight is 417 g/mol. The third kappa shape index (κ3) is 5.01. The summed E-state index contributed by atoms with van der Waals surface area (Å²) in [5.41, 5.74) is 2.27. The summed E-state index contributed by atoms with van der Waals surface area (Å²) >= 11 is 0. The molecule has 0 spiro atoms. The molecule has 3 aliphatic heterocycles. The molecule has 3 unspecified atom stereocenters. The van der Waals surface area contributed by atoms with Gasteiger partial charge in [-0.25, -0.2) is 4.99 Å². The Hall–Kier alpha value is -1.99. The molecule has 0 aromatic heterocycles. The van der Waals surface area contributed by atoms with E-state index in [1.165, 1.54) is 24.9 Å². The molecule has 2 fully saturated rings. The minimum Gasteiger partial charge on any atom is -0.494 e.